The molecular weight excluding hydrogens is 326 g/mol. The Kier molecular flexibility index (Phi) is 4.49. The number of ether oxygens (including phenoxy) is 1. The summed E-state index contributed by atoms with van der Waals surface area (Å²) < 4.78 is 5.78. The Morgan fingerprint density at radius 1 is 0.923 bits per heavy atom. The van der Waals surface area contributed by atoms with E-state index in [2.05, 4.69) is 6.92 Å². The van der Waals surface area contributed by atoms with Gasteiger partial charge in [-0.3, -0.25) is 14.5 Å². The van der Waals surface area contributed by atoms with Crippen molar-refractivity contribution in [2.24, 2.45) is 17.8 Å². The van der Waals surface area contributed by atoms with Crippen LogP contribution in [0.1, 0.15) is 31.7 Å². The van der Waals surface area contributed by atoms with E-state index in [1.54, 1.807) is 12.1 Å². The van der Waals surface area contributed by atoms with Crippen molar-refractivity contribution in [2.75, 3.05) is 4.90 Å². The Balaban J connectivity index is 1.46. The van der Waals surface area contributed by atoms with Crippen molar-refractivity contribution in [3.8, 4) is 5.75 Å². The normalized spacial score (nSPS) is 25.3. The molecule has 4 heteroatoms. The van der Waals surface area contributed by atoms with Crippen molar-refractivity contribution >= 4 is 17.5 Å². The third kappa shape index (κ3) is 3.12. The molecule has 1 heterocycles. The first-order chi connectivity index (χ1) is 12.6. The van der Waals surface area contributed by atoms with Crippen LogP contribution in [0, 0.1) is 17.8 Å². The van der Waals surface area contributed by atoms with Gasteiger partial charge in [0, 0.05) is 0 Å². The second kappa shape index (κ2) is 6.94. The van der Waals surface area contributed by atoms with E-state index in [0.717, 1.165) is 30.6 Å². The van der Waals surface area contributed by atoms with E-state index in [1.165, 1.54) is 4.90 Å². The second-order valence-corrected chi connectivity index (χ2v) is 7.41. The molecule has 0 aromatic heterocycles. The van der Waals surface area contributed by atoms with Crippen LogP contribution in [-0.2, 0) is 16.2 Å². The van der Waals surface area contributed by atoms with Crippen LogP contribution in [0.4, 0.5) is 5.69 Å². The molecule has 0 bridgehead atoms. The van der Waals surface area contributed by atoms with Crippen LogP contribution in [0.2, 0.25) is 0 Å². The number of amides is 2. The molecule has 3 atom stereocenters. The lowest BCUT2D eigenvalue weighted by Crippen LogP contribution is -2.30. The minimum atomic E-state index is -0.139. The number of benzene rings is 2. The number of carbonyl (C=O) groups excluding carboxylic acids is 2. The maximum absolute atomic E-state index is 12.8. The van der Waals surface area contributed by atoms with Crippen molar-refractivity contribution < 1.29 is 14.3 Å². The fourth-order valence-electron chi connectivity index (χ4n) is 4.08. The van der Waals surface area contributed by atoms with Crippen LogP contribution >= 0.6 is 0 Å². The highest BCUT2D eigenvalue weighted by atomic mass is 16.5. The van der Waals surface area contributed by atoms with E-state index in [1.807, 2.05) is 42.5 Å². The molecule has 1 saturated carbocycles. The predicted octanol–water partition coefficient (Wildman–Crippen LogP) is 4.19. The van der Waals surface area contributed by atoms with E-state index >= 15 is 0 Å². The van der Waals surface area contributed by atoms with Crippen LogP contribution in [0.25, 0.3) is 0 Å². The van der Waals surface area contributed by atoms with Crippen LogP contribution in [0.3, 0.4) is 0 Å². The molecule has 26 heavy (non-hydrogen) atoms. The molecule has 2 aliphatic rings. The first-order valence-electron chi connectivity index (χ1n) is 9.28. The average molecular weight is 349 g/mol. The summed E-state index contributed by atoms with van der Waals surface area (Å²) in [4.78, 5) is 26.9. The van der Waals surface area contributed by atoms with Crippen molar-refractivity contribution in [1.82, 2.24) is 0 Å². The largest absolute Gasteiger partial charge is 0.489 e. The second-order valence-electron chi connectivity index (χ2n) is 7.41. The summed E-state index contributed by atoms with van der Waals surface area (Å²) in [5, 5.41) is 0. The van der Waals surface area contributed by atoms with Gasteiger partial charge in [0.05, 0.1) is 17.5 Å². The summed E-state index contributed by atoms with van der Waals surface area (Å²) in [5.74, 6) is 0.895. The SMILES string of the molecule is C[C@H]1CC[C@@H]2C(=O)N(c3ccc(OCc4ccccc4)cc3)C(=O)[C@@H]2C1. The Morgan fingerprint density at radius 3 is 2.35 bits per heavy atom. The van der Waals surface area contributed by atoms with Crippen LogP contribution in [0.5, 0.6) is 5.75 Å². The molecule has 0 N–H and O–H groups in total. The molecule has 0 radical (unpaired) electrons. The van der Waals surface area contributed by atoms with Crippen molar-refractivity contribution in [3.63, 3.8) is 0 Å². The number of hydrogen-bond donors (Lipinski definition) is 0. The maximum atomic E-state index is 12.8. The van der Waals surface area contributed by atoms with Crippen LogP contribution in [-0.4, -0.2) is 11.8 Å². The number of rotatable bonds is 4. The number of anilines is 1. The molecule has 0 spiro atoms. The molecular formula is C22H23NO3. The average Bonchev–Trinajstić information content (AvgIpc) is 2.91. The highest BCUT2D eigenvalue weighted by Gasteiger charge is 2.49. The lowest BCUT2D eigenvalue weighted by atomic mass is 9.76. The van der Waals surface area contributed by atoms with Crippen molar-refractivity contribution in [1.29, 1.82) is 0 Å². The number of hydrogen-bond acceptors (Lipinski definition) is 3. The van der Waals surface area contributed by atoms with Gasteiger partial charge >= 0.3 is 0 Å². The van der Waals surface area contributed by atoms with Gasteiger partial charge in [-0.1, -0.05) is 37.3 Å². The molecule has 2 aromatic carbocycles. The minimum absolute atomic E-state index is 0.0372. The summed E-state index contributed by atoms with van der Waals surface area (Å²) in [7, 11) is 0. The van der Waals surface area contributed by atoms with Gasteiger partial charge in [0.25, 0.3) is 0 Å². The van der Waals surface area contributed by atoms with Gasteiger partial charge in [-0.2, -0.15) is 0 Å². The summed E-state index contributed by atoms with van der Waals surface area (Å²) >= 11 is 0. The number of carbonyl (C=O) groups is 2. The zero-order valence-corrected chi connectivity index (χ0v) is 14.9. The van der Waals surface area contributed by atoms with Crippen LogP contribution < -0.4 is 9.64 Å². The van der Waals surface area contributed by atoms with Crippen LogP contribution in [0.15, 0.2) is 54.6 Å². The third-order valence-corrected chi connectivity index (χ3v) is 5.53. The molecule has 2 fully saturated rings. The molecule has 4 rings (SSSR count). The molecule has 1 aliphatic carbocycles. The van der Waals surface area contributed by atoms with Gasteiger partial charge in [0.1, 0.15) is 12.4 Å². The van der Waals surface area contributed by atoms with Gasteiger partial charge in [0.15, 0.2) is 0 Å². The molecule has 0 unspecified atom stereocenters. The molecule has 2 amide bonds. The zero-order chi connectivity index (χ0) is 18.1. The van der Waals surface area contributed by atoms with Crippen molar-refractivity contribution in [2.45, 2.75) is 32.8 Å². The highest BCUT2D eigenvalue weighted by molar-refractivity contribution is 6.22. The highest BCUT2D eigenvalue weighted by Crippen LogP contribution is 2.42. The minimum Gasteiger partial charge on any atom is -0.489 e. The van der Waals surface area contributed by atoms with E-state index in [9.17, 15) is 9.59 Å². The number of nitrogens with zero attached hydrogens (tertiary/aromatic N) is 1. The number of fused-ring (bicyclic) bond motifs is 1. The Hall–Kier alpha value is -2.62. The first kappa shape index (κ1) is 16.8. The lowest BCUT2D eigenvalue weighted by molar-refractivity contribution is -0.122. The lowest BCUT2D eigenvalue weighted by Gasteiger charge is -2.25. The van der Waals surface area contributed by atoms with Gasteiger partial charge < -0.3 is 4.74 Å². The molecule has 1 aliphatic heterocycles. The Labute approximate surface area is 153 Å². The van der Waals surface area contributed by atoms with Gasteiger partial charge in [-0.25, -0.2) is 0 Å². The summed E-state index contributed by atoms with van der Waals surface area (Å²) in [6.45, 7) is 2.65. The summed E-state index contributed by atoms with van der Waals surface area (Å²) in [5.41, 5.74) is 1.74. The fourth-order valence-corrected chi connectivity index (χ4v) is 4.08. The maximum Gasteiger partial charge on any atom is 0.237 e. The fraction of sp³-hybridized carbons (Fsp3) is 0.364. The Morgan fingerprint density at radius 2 is 1.62 bits per heavy atom. The monoisotopic (exact) mass is 349 g/mol. The summed E-state index contributed by atoms with van der Waals surface area (Å²) in [6.07, 6.45) is 2.68. The summed E-state index contributed by atoms with van der Waals surface area (Å²) in [6, 6.07) is 17.2. The number of imide groups is 1. The Bertz CT molecular complexity index is 800. The predicted molar refractivity (Wildman–Crippen MR) is 99.7 cm³/mol. The quantitative estimate of drug-likeness (QED) is 0.778. The zero-order valence-electron chi connectivity index (χ0n) is 14.9. The van der Waals surface area contributed by atoms with Crippen molar-refractivity contribution in [3.05, 3.63) is 60.2 Å². The standard InChI is InChI=1S/C22H23NO3/c1-15-7-12-19-20(13-15)22(25)23(21(19)24)17-8-10-18(11-9-17)26-14-16-5-3-2-4-6-16/h2-6,8-11,15,19-20H,7,12-14H2,1H3/t15-,19-,20+/m0/s1. The third-order valence-electron chi connectivity index (χ3n) is 5.53. The van der Waals surface area contributed by atoms with E-state index in [0.29, 0.717) is 18.2 Å². The van der Waals surface area contributed by atoms with Gasteiger partial charge in [-0.15, -0.1) is 0 Å². The molecule has 1 saturated heterocycles. The van der Waals surface area contributed by atoms with Gasteiger partial charge in [-0.05, 0) is 55.0 Å². The molecule has 2 aromatic rings. The molecule has 4 nitrogen and oxygen atoms in total. The first-order valence-corrected chi connectivity index (χ1v) is 9.28. The smallest absolute Gasteiger partial charge is 0.237 e. The van der Waals surface area contributed by atoms with E-state index < -0.39 is 0 Å². The van der Waals surface area contributed by atoms with E-state index in [4.69, 9.17) is 4.74 Å². The van der Waals surface area contributed by atoms with E-state index in [-0.39, 0.29) is 23.7 Å². The van der Waals surface area contributed by atoms with Gasteiger partial charge in [0.2, 0.25) is 11.8 Å². The molecule has 134 valence electrons. The topological polar surface area (TPSA) is 46.6 Å².